The highest BCUT2D eigenvalue weighted by atomic mass is 79.9. The Bertz CT molecular complexity index is 818. The van der Waals surface area contributed by atoms with Gasteiger partial charge in [-0.3, -0.25) is 4.72 Å². The molecule has 0 aromatic carbocycles. The van der Waals surface area contributed by atoms with Crippen molar-refractivity contribution in [3.63, 3.8) is 0 Å². The SMILES string of the molecule is Cc1nc(Cl)ccc1NS(=O)(=O)c1cc(C(=O)O)oc1Br. The van der Waals surface area contributed by atoms with Crippen molar-refractivity contribution >= 4 is 49.2 Å². The molecule has 0 radical (unpaired) electrons. The first kappa shape index (κ1) is 15.8. The summed E-state index contributed by atoms with van der Waals surface area (Å²) in [4.78, 5) is 14.4. The fraction of sp³-hybridized carbons (Fsp3) is 0.0909. The van der Waals surface area contributed by atoms with Gasteiger partial charge in [0.2, 0.25) is 5.76 Å². The molecule has 0 atom stereocenters. The van der Waals surface area contributed by atoms with Gasteiger partial charge >= 0.3 is 5.97 Å². The third-order valence-electron chi connectivity index (χ3n) is 2.45. The highest BCUT2D eigenvalue weighted by Crippen LogP contribution is 2.28. The lowest BCUT2D eigenvalue weighted by molar-refractivity contribution is 0.0661. The highest BCUT2D eigenvalue weighted by molar-refractivity contribution is 9.10. The van der Waals surface area contributed by atoms with Gasteiger partial charge in [-0.2, -0.15) is 0 Å². The second kappa shape index (κ2) is 5.66. The summed E-state index contributed by atoms with van der Waals surface area (Å²) in [6.45, 7) is 1.58. The van der Waals surface area contributed by atoms with Gasteiger partial charge in [0, 0.05) is 6.07 Å². The van der Waals surface area contributed by atoms with Gasteiger partial charge in [0.15, 0.2) is 4.67 Å². The van der Waals surface area contributed by atoms with Crippen LogP contribution in [-0.2, 0) is 10.0 Å². The summed E-state index contributed by atoms with van der Waals surface area (Å²) in [5.74, 6) is -1.87. The lowest BCUT2D eigenvalue weighted by Gasteiger charge is -2.08. The molecule has 2 rings (SSSR count). The van der Waals surface area contributed by atoms with Crippen LogP contribution in [-0.4, -0.2) is 24.5 Å². The Balaban J connectivity index is 2.41. The fourth-order valence-electron chi connectivity index (χ4n) is 1.48. The van der Waals surface area contributed by atoms with Crippen molar-refractivity contribution in [2.45, 2.75) is 11.8 Å². The van der Waals surface area contributed by atoms with Crippen molar-refractivity contribution in [1.82, 2.24) is 4.98 Å². The van der Waals surface area contributed by atoms with Crippen LogP contribution in [0, 0.1) is 6.92 Å². The lowest BCUT2D eigenvalue weighted by atomic mass is 10.3. The van der Waals surface area contributed by atoms with Crippen LogP contribution in [0.3, 0.4) is 0 Å². The molecule has 2 aromatic heterocycles. The van der Waals surface area contributed by atoms with Crippen LogP contribution in [0.1, 0.15) is 16.2 Å². The van der Waals surface area contributed by atoms with E-state index in [-0.39, 0.29) is 20.4 Å². The van der Waals surface area contributed by atoms with Crippen LogP contribution in [0.5, 0.6) is 0 Å². The summed E-state index contributed by atoms with van der Waals surface area (Å²) in [6.07, 6.45) is 0. The van der Waals surface area contributed by atoms with Crippen LogP contribution in [0.4, 0.5) is 5.69 Å². The van der Waals surface area contributed by atoms with Crippen LogP contribution >= 0.6 is 27.5 Å². The minimum absolute atomic E-state index is 0.202. The van der Waals surface area contributed by atoms with Crippen LogP contribution in [0.25, 0.3) is 0 Å². The normalized spacial score (nSPS) is 11.4. The van der Waals surface area contributed by atoms with E-state index < -0.39 is 21.8 Å². The number of furan rings is 1. The predicted molar refractivity (Wildman–Crippen MR) is 78.2 cm³/mol. The van der Waals surface area contributed by atoms with E-state index in [1.807, 2.05) is 0 Å². The van der Waals surface area contributed by atoms with E-state index in [0.29, 0.717) is 5.69 Å². The summed E-state index contributed by atoms with van der Waals surface area (Å²) in [6, 6.07) is 3.79. The molecular formula is C11H8BrClN2O5S. The maximum atomic E-state index is 12.2. The van der Waals surface area contributed by atoms with E-state index >= 15 is 0 Å². The standard InChI is InChI=1S/C11H8BrClN2O5S/c1-5-6(2-3-9(13)14-5)15-21(18,19)8-4-7(11(16)17)20-10(8)12/h2-4,15H,1H3,(H,16,17). The van der Waals surface area contributed by atoms with E-state index in [2.05, 4.69) is 25.6 Å². The number of aromatic nitrogens is 1. The Morgan fingerprint density at radius 3 is 2.67 bits per heavy atom. The van der Waals surface area contributed by atoms with Gasteiger partial charge in [0.05, 0.1) is 11.4 Å². The van der Waals surface area contributed by atoms with Crippen molar-refractivity contribution in [3.05, 3.63) is 39.5 Å². The minimum Gasteiger partial charge on any atom is -0.475 e. The number of carboxylic acid groups (broad SMARTS) is 1. The molecule has 0 fully saturated rings. The molecular weight excluding hydrogens is 388 g/mol. The number of hydrogen-bond donors (Lipinski definition) is 2. The van der Waals surface area contributed by atoms with E-state index in [0.717, 1.165) is 6.07 Å². The molecule has 0 aliphatic rings. The maximum Gasteiger partial charge on any atom is 0.371 e. The van der Waals surface area contributed by atoms with Gasteiger partial charge in [-0.05, 0) is 35.0 Å². The number of halogens is 2. The zero-order valence-corrected chi connectivity index (χ0v) is 13.6. The lowest BCUT2D eigenvalue weighted by Crippen LogP contribution is -2.14. The number of aryl methyl sites for hydroxylation is 1. The van der Waals surface area contributed by atoms with Crippen LogP contribution in [0.2, 0.25) is 5.15 Å². The predicted octanol–water partition coefficient (Wildman–Crippen LogP) is 2.90. The molecule has 0 saturated heterocycles. The molecule has 2 aromatic rings. The summed E-state index contributed by atoms with van der Waals surface area (Å²) in [5.41, 5.74) is 0.605. The van der Waals surface area contributed by atoms with Crippen molar-refractivity contribution in [2.75, 3.05) is 4.72 Å². The number of carboxylic acids is 1. The number of carbonyl (C=O) groups is 1. The van der Waals surface area contributed by atoms with Crippen molar-refractivity contribution < 1.29 is 22.7 Å². The molecule has 0 aliphatic heterocycles. The monoisotopic (exact) mass is 394 g/mol. The van der Waals surface area contributed by atoms with Gasteiger partial charge in [0.25, 0.3) is 10.0 Å². The minimum atomic E-state index is -4.03. The molecule has 112 valence electrons. The molecule has 10 heteroatoms. The van der Waals surface area contributed by atoms with Gasteiger partial charge in [0.1, 0.15) is 10.0 Å². The Morgan fingerprint density at radius 2 is 2.14 bits per heavy atom. The van der Waals surface area contributed by atoms with Gasteiger partial charge in [-0.1, -0.05) is 11.6 Å². The molecule has 7 nitrogen and oxygen atoms in total. The number of rotatable bonds is 4. The average Bonchev–Trinajstić information content (AvgIpc) is 2.76. The summed E-state index contributed by atoms with van der Waals surface area (Å²) in [5, 5.41) is 9.03. The topological polar surface area (TPSA) is 110 Å². The molecule has 0 unspecified atom stereocenters. The van der Waals surface area contributed by atoms with E-state index in [1.165, 1.54) is 12.1 Å². The largest absolute Gasteiger partial charge is 0.475 e. The molecule has 2 heterocycles. The summed E-state index contributed by atoms with van der Waals surface area (Å²) in [7, 11) is -4.03. The number of sulfonamides is 1. The Labute approximate surface area is 133 Å². The maximum absolute atomic E-state index is 12.2. The van der Waals surface area contributed by atoms with E-state index in [1.54, 1.807) is 6.92 Å². The summed E-state index contributed by atoms with van der Waals surface area (Å²) < 4.78 is 31.4. The van der Waals surface area contributed by atoms with Crippen LogP contribution < -0.4 is 4.72 Å². The van der Waals surface area contributed by atoms with Gasteiger partial charge < -0.3 is 9.52 Å². The van der Waals surface area contributed by atoms with E-state index in [4.69, 9.17) is 21.1 Å². The third-order valence-corrected chi connectivity index (χ3v) is 4.88. The first-order valence-electron chi connectivity index (χ1n) is 5.39. The van der Waals surface area contributed by atoms with Gasteiger partial charge in [-0.15, -0.1) is 0 Å². The molecule has 21 heavy (non-hydrogen) atoms. The molecule has 0 spiro atoms. The Kier molecular flexibility index (Phi) is 4.26. The van der Waals surface area contributed by atoms with Crippen molar-refractivity contribution in [2.24, 2.45) is 0 Å². The molecule has 0 bridgehead atoms. The number of pyridine rings is 1. The van der Waals surface area contributed by atoms with Gasteiger partial charge in [-0.25, -0.2) is 18.2 Å². The fourth-order valence-corrected chi connectivity index (χ4v) is 3.73. The number of hydrogen-bond acceptors (Lipinski definition) is 5. The number of anilines is 1. The molecule has 0 amide bonds. The third kappa shape index (κ3) is 3.36. The molecule has 0 aliphatic carbocycles. The number of nitrogens with zero attached hydrogens (tertiary/aromatic N) is 1. The summed E-state index contributed by atoms with van der Waals surface area (Å²) >= 11 is 8.57. The Hall–Kier alpha value is -1.58. The number of nitrogens with one attached hydrogen (secondary N) is 1. The zero-order valence-electron chi connectivity index (χ0n) is 10.4. The molecule has 2 N–H and O–H groups in total. The van der Waals surface area contributed by atoms with Crippen molar-refractivity contribution in [1.29, 1.82) is 0 Å². The second-order valence-electron chi connectivity index (χ2n) is 3.93. The highest BCUT2D eigenvalue weighted by Gasteiger charge is 2.25. The first-order valence-corrected chi connectivity index (χ1v) is 8.04. The molecule has 0 saturated carbocycles. The Morgan fingerprint density at radius 1 is 1.48 bits per heavy atom. The smallest absolute Gasteiger partial charge is 0.371 e. The number of aromatic carboxylic acids is 1. The van der Waals surface area contributed by atoms with E-state index in [9.17, 15) is 13.2 Å². The average molecular weight is 396 g/mol. The van der Waals surface area contributed by atoms with Crippen molar-refractivity contribution in [3.8, 4) is 0 Å². The first-order chi connectivity index (χ1) is 9.70. The zero-order chi connectivity index (χ0) is 15.8. The quantitative estimate of drug-likeness (QED) is 0.770. The van der Waals surface area contributed by atoms with Crippen LogP contribution in [0.15, 0.2) is 32.2 Å². The second-order valence-corrected chi connectivity index (χ2v) is 6.68.